The third kappa shape index (κ3) is 4.78. The number of nitrogens with one attached hydrogen (secondary N) is 1. The Kier molecular flexibility index (Phi) is 5.55. The van der Waals surface area contributed by atoms with Crippen molar-refractivity contribution in [1.82, 2.24) is 10.5 Å². The fraction of sp³-hybridized carbons (Fsp3) is 0.474. The number of hydrogen-bond acceptors (Lipinski definition) is 7. The molecule has 1 fully saturated rings. The molecular weight excluding hydrogens is 352 g/mol. The number of nitrogens with zero attached hydrogens (tertiary/aromatic N) is 1. The quantitative estimate of drug-likeness (QED) is 0.752. The summed E-state index contributed by atoms with van der Waals surface area (Å²) in [6.07, 6.45) is 0.696. The van der Waals surface area contributed by atoms with Crippen LogP contribution >= 0.6 is 0 Å². The molecule has 0 aliphatic carbocycles. The molecule has 0 saturated carbocycles. The lowest BCUT2D eigenvalue weighted by atomic mass is 10.1. The number of carbonyl (C=O) groups is 1. The molecule has 8 nitrogen and oxygen atoms in total. The Morgan fingerprint density at radius 2 is 2.07 bits per heavy atom. The number of rotatable bonds is 8. The lowest BCUT2D eigenvalue weighted by Gasteiger charge is -2.09. The Bertz CT molecular complexity index is 746. The molecule has 2 aromatic rings. The molecule has 1 aromatic heterocycles. The molecule has 1 atom stereocenters. The monoisotopic (exact) mass is 374 g/mol. The van der Waals surface area contributed by atoms with E-state index in [1.807, 2.05) is 24.3 Å². The van der Waals surface area contributed by atoms with Crippen molar-refractivity contribution in [2.45, 2.75) is 25.7 Å². The van der Waals surface area contributed by atoms with E-state index in [1.54, 1.807) is 6.07 Å². The van der Waals surface area contributed by atoms with Crippen LogP contribution in [0, 0.1) is 5.92 Å². The van der Waals surface area contributed by atoms with Crippen LogP contribution < -0.4 is 14.8 Å². The van der Waals surface area contributed by atoms with Crippen LogP contribution in [0.2, 0.25) is 0 Å². The molecule has 8 heteroatoms. The first kappa shape index (κ1) is 17.8. The van der Waals surface area contributed by atoms with Gasteiger partial charge in [0.15, 0.2) is 17.3 Å². The van der Waals surface area contributed by atoms with Crippen molar-refractivity contribution in [3.05, 3.63) is 41.8 Å². The molecule has 2 aliphatic rings. The number of benzene rings is 1. The van der Waals surface area contributed by atoms with Gasteiger partial charge in [0, 0.05) is 25.1 Å². The van der Waals surface area contributed by atoms with Crippen molar-refractivity contribution in [3.63, 3.8) is 0 Å². The Morgan fingerprint density at radius 1 is 1.26 bits per heavy atom. The van der Waals surface area contributed by atoms with E-state index >= 15 is 0 Å². The van der Waals surface area contributed by atoms with Crippen molar-refractivity contribution in [1.29, 1.82) is 0 Å². The maximum Gasteiger partial charge on any atom is 0.264 e. The molecule has 1 amide bonds. The number of hydrogen-bond donors (Lipinski definition) is 1. The van der Waals surface area contributed by atoms with Gasteiger partial charge in [0.2, 0.25) is 5.91 Å². The molecule has 4 rings (SSSR count). The Labute approximate surface area is 156 Å². The molecule has 1 unspecified atom stereocenters. The second kappa shape index (κ2) is 8.41. The highest BCUT2D eigenvalue weighted by molar-refractivity contribution is 5.78. The molecular formula is C19H22N2O6. The Morgan fingerprint density at radius 3 is 2.81 bits per heavy atom. The number of aromatic nitrogens is 1. The fourth-order valence-corrected chi connectivity index (χ4v) is 3.01. The molecule has 2 aliphatic heterocycles. The van der Waals surface area contributed by atoms with Crippen LogP contribution in [0.5, 0.6) is 11.5 Å². The van der Waals surface area contributed by atoms with E-state index < -0.39 is 6.29 Å². The van der Waals surface area contributed by atoms with Crippen LogP contribution in [0.15, 0.2) is 34.9 Å². The average Bonchev–Trinajstić information content (AvgIpc) is 3.41. The Balaban J connectivity index is 1.16. The largest absolute Gasteiger partial charge is 0.448 e. The zero-order chi connectivity index (χ0) is 18.5. The van der Waals surface area contributed by atoms with E-state index in [2.05, 4.69) is 10.5 Å². The van der Waals surface area contributed by atoms with Crippen LogP contribution in [-0.2, 0) is 27.3 Å². The highest BCUT2D eigenvalue weighted by atomic mass is 16.7. The molecule has 3 heterocycles. The molecule has 1 aromatic carbocycles. The maximum atomic E-state index is 12.0. The molecule has 1 saturated heterocycles. The lowest BCUT2D eigenvalue weighted by molar-refractivity contribution is -0.120. The summed E-state index contributed by atoms with van der Waals surface area (Å²) in [4.78, 5) is 12.0. The molecule has 0 spiro atoms. The number of carbonyl (C=O) groups excluding carboxylic acids is 1. The summed E-state index contributed by atoms with van der Waals surface area (Å²) in [7, 11) is 0. The smallest absolute Gasteiger partial charge is 0.264 e. The van der Waals surface area contributed by atoms with E-state index in [9.17, 15) is 4.79 Å². The maximum absolute atomic E-state index is 12.0. The minimum absolute atomic E-state index is 0.0758. The van der Waals surface area contributed by atoms with Crippen molar-refractivity contribution in [2.24, 2.45) is 5.92 Å². The number of para-hydroxylation sites is 2. The first-order chi connectivity index (χ1) is 13.3. The van der Waals surface area contributed by atoms with Gasteiger partial charge < -0.3 is 28.8 Å². The third-order valence-electron chi connectivity index (χ3n) is 4.43. The minimum Gasteiger partial charge on any atom is -0.448 e. The zero-order valence-corrected chi connectivity index (χ0v) is 14.9. The van der Waals surface area contributed by atoms with Gasteiger partial charge in [-0.05, 0) is 18.6 Å². The second-order valence-electron chi connectivity index (χ2n) is 6.62. The predicted octanol–water partition coefficient (Wildman–Crippen LogP) is 1.68. The molecule has 1 N–H and O–H groups in total. The van der Waals surface area contributed by atoms with Crippen LogP contribution in [0.25, 0.3) is 0 Å². The molecule has 0 bridgehead atoms. The van der Waals surface area contributed by atoms with Crippen molar-refractivity contribution < 1.29 is 28.3 Å². The average molecular weight is 374 g/mol. The number of fused-ring (bicyclic) bond motifs is 1. The summed E-state index contributed by atoms with van der Waals surface area (Å²) in [6, 6.07) is 9.20. The number of amides is 1. The highest BCUT2D eigenvalue weighted by Crippen LogP contribution is 2.33. The van der Waals surface area contributed by atoms with Gasteiger partial charge in [-0.3, -0.25) is 4.79 Å². The summed E-state index contributed by atoms with van der Waals surface area (Å²) in [5.41, 5.74) is 0.578. The first-order valence-electron chi connectivity index (χ1n) is 9.05. The van der Waals surface area contributed by atoms with Crippen LogP contribution in [0.4, 0.5) is 0 Å². The lowest BCUT2D eigenvalue weighted by Crippen LogP contribution is -2.30. The fourth-order valence-electron chi connectivity index (χ4n) is 3.01. The van der Waals surface area contributed by atoms with E-state index in [1.165, 1.54) is 0 Å². The minimum atomic E-state index is -0.477. The van der Waals surface area contributed by atoms with Gasteiger partial charge in [0.1, 0.15) is 13.2 Å². The van der Waals surface area contributed by atoms with Gasteiger partial charge in [0.05, 0.1) is 18.7 Å². The van der Waals surface area contributed by atoms with Crippen LogP contribution in [0.3, 0.4) is 0 Å². The SMILES string of the molecule is O=C(Cc1cc(COCC2Oc3ccccc3O2)on1)NCC1CCOC1. The normalized spacial score (nSPS) is 18.7. The molecule has 0 radical (unpaired) electrons. The molecule has 144 valence electrons. The summed E-state index contributed by atoms with van der Waals surface area (Å²) < 4.78 is 27.3. The predicted molar refractivity (Wildman–Crippen MR) is 93.3 cm³/mol. The first-order valence-corrected chi connectivity index (χ1v) is 9.05. The van der Waals surface area contributed by atoms with E-state index in [0.717, 1.165) is 13.0 Å². The van der Waals surface area contributed by atoms with Crippen LogP contribution in [0.1, 0.15) is 17.9 Å². The van der Waals surface area contributed by atoms with Gasteiger partial charge in [-0.25, -0.2) is 0 Å². The Hall–Kier alpha value is -2.58. The zero-order valence-electron chi connectivity index (χ0n) is 14.9. The van der Waals surface area contributed by atoms with Gasteiger partial charge >= 0.3 is 0 Å². The van der Waals surface area contributed by atoms with Crippen molar-refractivity contribution in [3.8, 4) is 11.5 Å². The highest BCUT2D eigenvalue weighted by Gasteiger charge is 2.23. The standard InChI is InChI=1S/C19H22N2O6/c22-18(20-9-13-5-6-23-10-13)8-14-7-15(27-21-14)11-24-12-19-25-16-3-1-2-4-17(16)26-19/h1-4,7,13,19H,5-6,8-12H2,(H,20,22). The van der Waals surface area contributed by atoms with Gasteiger partial charge in [-0.15, -0.1) is 0 Å². The van der Waals surface area contributed by atoms with Crippen molar-refractivity contribution in [2.75, 3.05) is 26.4 Å². The topological polar surface area (TPSA) is 92.1 Å². The van der Waals surface area contributed by atoms with Gasteiger partial charge in [-0.2, -0.15) is 0 Å². The summed E-state index contributed by atoms with van der Waals surface area (Å²) in [5.74, 6) is 2.30. The summed E-state index contributed by atoms with van der Waals surface area (Å²) in [6.45, 7) is 2.61. The van der Waals surface area contributed by atoms with Crippen molar-refractivity contribution >= 4 is 5.91 Å². The summed E-state index contributed by atoms with van der Waals surface area (Å²) in [5, 5.41) is 6.82. The second-order valence-corrected chi connectivity index (χ2v) is 6.62. The van der Waals surface area contributed by atoms with E-state index in [-0.39, 0.29) is 25.5 Å². The van der Waals surface area contributed by atoms with Gasteiger partial charge in [0.25, 0.3) is 6.29 Å². The number of ether oxygens (including phenoxy) is 4. The van der Waals surface area contributed by atoms with Crippen LogP contribution in [-0.4, -0.2) is 43.7 Å². The van der Waals surface area contributed by atoms with E-state index in [0.29, 0.717) is 42.0 Å². The third-order valence-corrected chi connectivity index (χ3v) is 4.43. The molecule has 27 heavy (non-hydrogen) atoms. The van der Waals surface area contributed by atoms with Gasteiger partial charge in [-0.1, -0.05) is 17.3 Å². The van der Waals surface area contributed by atoms with E-state index in [4.69, 9.17) is 23.5 Å². The summed E-state index contributed by atoms with van der Waals surface area (Å²) >= 11 is 0.